The number of amides is 1. The molecule has 2 aliphatic carbocycles. The van der Waals surface area contributed by atoms with Gasteiger partial charge in [-0.3, -0.25) is 4.79 Å². The Hall–Kier alpha value is -2.04. The van der Waals surface area contributed by atoms with Crippen LogP contribution >= 0.6 is 48.0 Å². The molecule has 208 valence electrons. The first-order chi connectivity index (χ1) is 17.5. The second-order valence-corrected chi connectivity index (χ2v) is 10.5. The fourth-order valence-corrected chi connectivity index (χ4v) is 5.39. The van der Waals surface area contributed by atoms with E-state index >= 15 is 0 Å². The molecule has 9 nitrogen and oxygen atoms in total. The predicted octanol–water partition coefficient (Wildman–Crippen LogP) is 5.62. The molecule has 0 saturated heterocycles. The normalized spacial score (nSPS) is 19.4. The zero-order valence-electron chi connectivity index (χ0n) is 21.0. The average Bonchev–Trinajstić information content (AvgIpc) is 3.55. The Morgan fingerprint density at radius 1 is 1.00 bits per heavy atom. The molecule has 1 aromatic carbocycles. The number of nitrogens with one attached hydrogen (secondary N) is 3. The Bertz CT molecular complexity index is 1230. The predicted molar refractivity (Wildman–Crippen MR) is 158 cm³/mol. The number of imidazole rings is 1. The van der Waals surface area contributed by atoms with Gasteiger partial charge < -0.3 is 26.3 Å². The van der Waals surface area contributed by atoms with E-state index in [-0.39, 0.29) is 36.8 Å². The zero-order valence-corrected chi connectivity index (χ0v) is 24.1. The Balaban J connectivity index is 0.00000200. The van der Waals surface area contributed by atoms with Crippen molar-refractivity contribution in [3.05, 3.63) is 40.1 Å². The molecule has 0 aliphatic heterocycles. The van der Waals surface area contributed by atoms with Gasteiger partial charge in [-0.25, -0.2) is 4.98 Å². The summed E-state index contributed by atoms with van der Waals surface area (Å²) in [7, 11) is 0. The van der Waals surface area contributed by atoms with Gasteiger partial charge in [-0.05, 0) is 56.7 Å². The minimum Gasteiger partial charge on any atom is -0.366 e. The molecule has 1 amide bonds. The number of hydrogen-bond donors (Lipinski definition) is 4. The first-order valence-electron chi connectivity index (χ1n) is 12.7. The number of anilines is 2. The molecular formula is C25H34Cl4N8O. The van der Waals surface area contributed by atoms with Gasteiger partial charge >= 0.3 is 0 Å². The van der Waals surface area contributed by atoms with Crippen LogP contribution in [0.2, 0.25) is 10.0 Å². The highest BCUT2D eigenvalue weighted by molar-refractivity contribution is 6.42. The molecule has 0 radical (unpaired) electrons. The molecular weight excluding hydrogens is 570 g/mol. The summed E-state index contributed by atoms with van der Waals surface area (Å²) in [6, 6.07) is 5.84. The second-order valence-electron chi connectivity index (χ2n) is 9.73. The first-order valence-corrected chi connectivity index (χ1v) is 13.5. The summed E-state index contributed by atoms with van der Waals surface area (Å²) in [4.78, 5) is 26.8. The average molecular weight is 604 g/mol. The number of nitrogens with two attached hydrogens (primary N) is 1. The maximum Gasteiger partial charge on any atom is 0.251 e. The smallest absolute Gasteiger partial charge is 0.251 e. The number of fused-ring (bicyclic) bond motifs is 1. The van der Waals surface area contributed by atoms with Crippen molar-refractivity contribution < 1.29 is 4.79 Å². The van der Waals surface area contributed by atoms with E-state index in [4.69, 9.17) is 38.9 Å². The maximum atomic E-state index is 12.5. The second kappa shape index (κ2) is 13.8. The zero-order chi connectivity index (χ0) is 25.1. The summed E-state index contributed by atoms with van der Waals surface area (Å²) in [6.45, 7) is 0.879. The molecule has 0 atom stereocenters. The van der Waals surface area contributed by atoms with Gasteiger partial charge in [-0.15, -0.1) is 24.8 Å². The minimum atomic E-state index is -0.216. The SMILES string of the molecule is Cl.Cl.N[C@H]1CC[C@H](Nc2nc(NCCNC(=O)c3ccc(Cl)c(Cl)c3)c3ncn(C4CCCC4)c3n2)CC1. The fourth-order valence-electron chi connectivity index (χ4n) is 5.10. The van der Waals surface area contributed by atoms with Crippen molar-refractivity contribution in [2.75, 3.05) is 23.7 Å². The van der Waals surface area contributed by atoms with Gasteiger partial charge in [0.05, 0.1) is 16.4 Å². The lowest BCUT2D eigenvalue weighted by molar-refractivity contribution is 0.0955. The molecule has 5 rings (SSSR count). The van der Waals surface area contributed by atoms with E-state index in [1.807, 2.05) is 6.33 Å². The van der Waals surface area contributed by atoms with Crippen molar-refractivity contribution in [3.63, 3.8) is 0 Å². The first kappa shape index (κ1) is 30.5. The van der Waals surface area contributed by atoms with Gasteiger partial charge in [-0.2, -0.15) is 9.97 Å². The highest BCUT2D eigenvalue weighted by Gasteiger charge is 2.24. The van der Waals surface area contributed by atoms with Crippen LogP contribution in [0, 0.1) is 0 Å². The molecule has 0 bridgehead atoms. The molecule has 13 heteroatoms. The molecule has 0 spiro atoms. The highest BCUT2D eigenvalue weighted by Crippen LogP contribution is 2.33. The summed E-state index contributed by atoms with van der Waals surface area (Å²) in [5, 5.41) is 10.6. The van der Waals surface area contributed by atoms with Crippen LogP contribution in [-0.2, 0) is 0 Å². The van der Waals surface area contributed by atoms with E-state index < -0.39 is 0 Å². The lowest BCUT2D eigenvalue weighted by atomic mass is 9.92. The summed E-state index contributed by atoms with van der Waals surface area (Å²) in [5.74, 6) is 1.05. The summed E-state index contributed by atoms with van der Waals surface area (Å²) in [6.07, 6.45) is 10.6. The van der Waals surface area contributed by atoms with Crippen LogP contribution < -0.4 is 21.7 Å². The minimum absolute atomic E-state index is 0. The largest absolute Gasteiger partial charge is 0.366 e. The Morgan fingerprint density at radius 2 is 1.74 bits per heavy atom. The number of halogens is 4. The topological polar surface area (TPSA) is 123 Å². The third-order valence-corrected chi connectivity index (χ3v) is 7.87. The number of carbonyl (C=O) groups excluding carboxylic acids is 1. The number of rotatable bonds is 8. The maximum absolute atomic E-state index is 12.5. The molecule has 2 aromatic heterocycles. The number of aromatic nitrogens is 4. The third kappa shape index (κ3) is 7.12. The van der Waals surface area contributed by atoms with Crippen LogP contribution in [0.3, 0.4) is 0 Å². The van der Waals surface area contributed by atoms with Crippen LogP contribution in [0.5, 0.6) is 0 Å². The van der Waals surface area contributed by atoms with E-state index in [9.17, 15) is 4.79 Å². The Kier molecular flexibility index (Phi) is 11.1. The van der Waals surface area contributed by atoms with E-state index in [1.165, 1.54) is 12.8 Å². The lowest BCUT2D eigenvalue weighted by Gasteiger charge is -2.27. The number of carbonyl (C=O) groups is 1. The monoisotopic (exact) mass is 602 g/mol. The quantitative estimate of drug-likeness (QED) is 0.247. The number of benzene rings is 1. The van der Waals surface area contributed by atoms with Crippen molar-refractivity contribution in [1.82, 2.24) is 24.8 Å². The highest BCUT2D eigenvalue weighted by atomic mass is 35.5. The van der Waals surface area contributed by atoms with Gasteiger partial charge in [0.1, 0.15) is 0 Å². The van der Waals surface area contributed by atoms with Gasteiger partial charge in [0.15, 0.2) is 17.0 Å². The standard InChI is InChI=1S/C25H32Cl2N8O.2ClH/c26-19-10-5-15(13-20(19)27)24(36)30-12-11-29-22-21-23(35(14-31-21)18-3-1-2-4-18)34-25(33-22)32-17-8-6-16(28)7-9-17;;/h5,10,13-14,16-18H,1-4,6-9,11-12,28H2,(H,30,36)(H2,29,32,33,34);2*1H/t16-,17-;;. The summed E-state index contributed by atoms with van der Waals surface area (Å²) < 4.78 is 2.20. The summed E-state index contributed by atoms with van der Waals surface area (Å²) in [5.41, 5.74) is 8.13. The van der Waals surface area contributed by atoms with Crippen molar-refractivity contribution in [2.24, 2.45) is 5.73 Å². The molecule has 2 fully saturated rings. The molecule has 2 saturated carbocycles. The van der Waals surface area contributed by atoms with Gasteiger partial charge in [0.25, 0.3) is 5.91 Å². The molecule has 3 aromatic rings. The molecule has 38 heavy (non-hydrogen) atoms. The Labute approximate surface area is 244 Å². The Morgan fingerprint density at radius 3 is 2.45 bits per heavy atom. The van der Waals surface area contributed by atoms with Crippen molar-refractivity contribution in [2.45, 2.75) is 69.5 Å². The van der Waals surface area contributed by atoms with E-state index in [0.29, 0.717) is 52.5 Å². The number of hydrogen-bond acceptors (Lipinski definition) is 7. The fraction of sp³-hybridized carbons (Fsp3) is 0.520. The van der Waals surface area contributed by atoms with E-state index in [1.54, 1.807) is 18.2 Å². The van der Waals surface area contributed by atoms with Gasteiger partial charge in [0, 0.05) is 36.8 Å². The van der Waals surface area contributed by atoms with Crippen LogP contribution in [0.1, 0.15) is 67.8 Å². The molecule has 0 unspecified atom stereocenters. The van der Waals surface area contributed by atoms with Crippen LogP contribution in [-0.4, -0.2) is 50.6 Å². The van der Waals surface area contributed by atoms with E-state index in [2.05, 4.69) is 25.5 Å². The number of nitrogens with zero attached hydrogens (tertiary/aromatic N) is 4. The van der Waals surface area contributed by atoms with Crippen LogP contribution in [0.25, 0.3) is 11.2 Å². The van der Waals surface area contributed by atoms with Gasteiger partial charge in [0.2, 0.25) is 5.95 Å². The third-order valence-electron chi connectivity index (χ3n) is 7.13. The lowest BCUT2D eigenvalue weighted by Crippen LogP contribution is -2.33. The van der Waals surface area contributed by atoms with E-state index in [0.717, 1.165) is 49.7 Å². The molecule has 2 heterocycles. The summed E-state index contributed by atoms with van der Waals surface area (Å²) >= 11 is 12.0. The van der Waals surface area contributed by atoms with Crippen molar-refractivity contribution in [1.29, 1.82) is 0 Å². The van der Waals surface area contributed by atoms with Crippen LogP contribution in [0.15, 0.2) is 24.5 Å². The van der Waals surface area contributed by atoms with Crippen LogP contribution in [0.4, 0.5) is 11.8 Å². The van der Waals surface area contributed by atoms with Crippen molar-refractivity contribution in [3.8, 4) is 0 Å². The van der Waals surface area contributed by atoms with Gasteiger partial charge in [-0.1, -0.05) is 36.0 Å². The van der Waals surface area contributed by atoms with Crippen molar-refractivity contribution >= 4 is 76.9 Å². The molecule has 2 aliphatic rings. The molecule has 5 N–H and O–H groups in total.